The Morgan fingerprint density at radius 3 is 2.48 bits per heavy atom. The van der Waals surface area contributed by atoms with Crippen LogP contribution in [0, 0.1) is 11.7 Å². The molecule has 0 aliphatic carbocycles. The molecule has 1 fully saturated rings. The highest BCUT2D eigenvalue weighted by molar-refractivity contribution is 5.16. The van der Waals surface area contributed by atoms with Crippen LogP contribution in [-0.2, 0) is 13.1 Å². The van der Waals surface area contributed by atoms with Crippen molar-refractivity contribution < 1.29 is 4.39 Å². The maximum atomic E-state index is 13.2. The Bertz CT molecular complexity index is 707. The number of rotatable bonds is 6. The molecule has 0 radical (unpaired) electrons. The minimum absolute atomic E-state index is 0.164. The Morgan fingerprint density at radius 2 is 1.81 bits per heavy atom. The van der Waals surface area contributed by atoms with Crippen LogP contribution < -0.4 is 0 Å². The number of halogens is 1. The molecular weight excluding hydrogens is 339 g/mol. The third kappa shape index (κ3) is 5.17. The van der Waals surface area contributed by atoms with Crippen LogP contribution in [0.15, 0.2) is 36.8 Å². The molecule has 2 aromatic rings. The lowest BCUT2D eigenvalue weighted by molar-refractivity contribution is 0.129. The van der Waals surface area contributed by atoms with Gasteiger partial charge in [0.25, 0.3) is 0 Å². The van der Waals surface area contributed by atoms with Crippen molar-refractivity contribution in [3.05, 3.63) is 53.9 Å². The molecule has 0 N–H and O–H groups in total. The maximum absolute atomic E-state index is 13.2. The Kier molecular flexibility index (Phi) is 6.66. The summed E-state index contributed by atoms with van der Waals surface area (Å²) in [6.07, 6.45) is 5.10. The summed E-state index contributed by atoms with van der Waals surface area (Å²) in [6.45, 7) is 14.1. The molecular formula is C22H33FN4. The predicted octanol–water partition coefficient (Wildman–Crippen LogP) is 4.34. The van der Waals surface area contributed by atoms with Crippen LogP contribution in [0.4, 0.5) is 4.39 Å². The third-order valence-corrected chi connectivity index (χ3v) is 5.59. The van der Waals surface area contributed by atoms with Gasteiger partial charge in [0.15, 0.2) is 0 Å². The van der Waals surface area contributed by atoms with Gasteiger partial charge < -0.3 is 4.57 Å². The van der Waals surface area contributed by atoms with Gasteiger partial charge in [0.2, 0.25) is 0 Å². The molecule has 1 saturated heterocycles. The van der Waals surface area contributed by atoms with E-state index in [-0.39, 0.29) is 5.82 Å². The first-order valence-corrected chi connectivity index (χ1v) is 10.2. The van der Waals surface area contributed by atoms with Crippen LogP contribution in [0.1, 0.15) is 51.4 Å². The summed E-state index contributed by atoms with van der Waals surface area (Å²) in [4.78, 5) is 9.52. The van der Waals surface area contributed by atoms with E-state index in [1.807, 2.05) is 24.7 Å². The van der Waals surface area contributed by atoms with Gasteiger partial charge in [0.05, 0.1) is 12.0 Å². The van der Waals surface area contributed by atoms with Gasteiger partial charge in [-0.1, -0.05) is 26.0 Å². The number of hydrogen-bond acceptors (Lipinski definition) is 3. The molecule has 1 aromatic heterocycles. The van der Waals surface area contributed by atoms with E-state index in [0.29, 0.717) is 18.0 Å². The highest BCUT2D eigenvalue weighted by Crippen LogP contribution is 2.22. The van der Waals surface area contributed by atoms with Crippen molar-refractivity contribution in [3.8, 4) is 0 Å². The summed E-state index contributed by atoms with van der Waals surface area (Å²) in [5, 5.41) is 0. The molecule has 0 amide bonds. The van der Waals surface area contributed by atoms with E-state index in [9.17, 15) is 4.39 Å². The van der Waals surface area contributed by atoms with E-state index in [0.717, 1.165) is 39.1 Å². The monoisotopic (exact) mass is 372 g/mol. The molecule has 27 heavy (non-hydrogen) atoms. The second-order valence-corrected chi connectivity index (χ2v) is 8.38. The van der Waals surface area contributed by atoms with Crippen LogP contribution in [-0.4, -0.2) is 45.0 Å². The largest absolute Gasteiger partial charge is 0.331 e. The van der Waals surface area contributed by atoms with Crippen molar-refractivity contribution >= 4 is 0 Å². The average Bonchev–Trinajstić information content (AvgIpc) is 2.99. The fourth-order valence-corrected chi connectivity index (χ4v) is 4.08. The zero-order chi connectivity index (χ0) is 19.4. The summed E-state index contributed by atoms with van der Waals surface area (Å²) in [6, 6.07) is 7.89. The molecule has 2 heterocycles. The molecule has 1 aromatic carbocycles. The first kappa shape index (κ1) is 20.0. The van der Waals surface area contributed by atoms with Crippen molar-refractivity contribution in [3.63, 3.8) is 0 Å². The van der Waals surface area contributed by atoms with Gasteiger partial charge in [-0.25, -0.2) is 9.37 Å². The molecule has 5 heteroatoms. The summed E-state index contributed by atoms with van der Waals surface area (Å²) in [5.41, 5.74) is 2.48. The SMILES string of the molecule is CC(C)C1CN(Cc2cncn2C(C)C)CCCN1Cc1ccc(F)cc1. The number of benzene rings is 1. The number of nitrogens with zero attached hydrogens (tertiary/aromatic N) is 4. The van der Waals surface area contributed by atoms with Crippen LogP contribution in [0.25, 0.3) is 0 Å². The van der Waals surface area contributed by atoms with E-state index >= 15 is 0 Å². The molecule has 3 rings (SSSR count). The minimum atomic E-state index is -0.164. The zero-order valence-corrected chi connectivity index (χ0v) is 17.1. The summed E-state index contributed by atoms with van der Waals surface area (Å²) < 4.78 is 15.5. The third-order valence-electron chi connectivity index (χ3n) is 5.59. The maximum Gasteiger partial charge on any atom is 0.123 e. The molecule has 1 aliphatic rings. The molecule has 1 unspecified atom stereocenters. The lowest BCUT2D eigenvalue weighted by Gasteiger charge is -2.34. The second-order valence-electron chi connectivity index (χ2n) is 8.38. The highest BCUT2D eigenvalue weighted by atomic mass is 19.1. The van der Waals surface area contributed by atoms with Gasteiger partial charge in [-0.15, -0.1) is 0 Å². The molecule has 1 aliphatic heterocycles. The highest BCUT2D eigenvalue weighted by Gasteiger charge is 2.28. The van der Waals surface area contributed by atoms with Gasteiger partial charge in [0.1, 0.15) is 5.82 Å². The smallest absolute Gasteiger partial charge is 0.123 e. The van der Waals surface area contributed by atoms with Gasteiger partial charge in [-0.3, -0.25) is 9.80 Å². The van der Waals surface area contributed by atoms with Crippen molar-refractivity contribution in [2.75, 3.05) is 19.6 Å². The Morgan fingerprint density at radius 1 is 1.07 bits per heavy atom. The van der Waals surface area contributed by atoms with Crippen LogP contribution in [0.3, 0.4) is 0 Å². The fourth-order valence-electron chi connectivity index (χ4n) is 4.08. The average molecular weight is 373 g/mol. The molecule has 1 atom stereocenters. The lowest BCUT2D eigenvalue weighted by atomic mass is 10.0. The Balaban J connectivity index is 1.70. The van der Waals surface area contributed by atoms with Gasteiger partial charge in [-0.2, -0.15) is 0 Å². The zero-order valence-electron chi connectivity index (χ0n) is 17.1. The standard InChI is InChI=1S/C22H33FN4/c1-17(2)22-15-25(14-21-12-24-16-27(21)18(3)4)10-5-11-26(22)13-19-6-8-20(23)9-7-19/h6-9,12,16-18,22H,5,10-11,13-15H2,1-4H3. The van der Waals surface area contributed by atoms with Gasteiger partial charge >= 0.3 is 0 Å². The minimum Gasteiger partial charge on any atom is -0.331 e. The molecule has 148 valence electrons. The summed E-state index contributed by atoms with van der Waals surface area (Å²) in [7, 11) is 0. The van der Waals surface area contributed by atoms with E-state index < -0.39 is 0 Å². The van der Waals surface area contributed by atoms with Crippen LogP contribution >= 0.6 is 0 Å². The summed E-state index contributed by atoms with van der Waals surface area (Å²) >= 11 is 0. The Labute approximate surface area is 163 Å². The molecule has 4 nitrogen and oxygen atoms in total. The molecule has 0 bridgehead atoms. The first-order chi connectivity index (χ1) is 12.9. The van der Waals surface area contributed by atoms with E-state index in [2.05, 4.69) is 47.0 Å². The summed E-state index contributed by atoms with van der Waals surface area (Å²) in [5.74, 6) is 0.407. The number of hydrogen-bond donors (Lipinski definition) is 0. The van der Waals surface area contributed by atoms with E-state index in [1.165, 1.54) is 11.3 Å². The second kappa shape index (κ2) is 8.98. The number of imidazole rings is 1. The fraction of sp³-hybridized carbons (Fsp3) is 0.591. The van der Waals surface area contributed by atoms with Crippen molar-refractivity contribution in [1.82, 2.24) is 19.4 Å². The van der Waals surface area contributed by atoms with E-state index in [1.54, 1.807) is 12.1 Å². The van der Waals surface area contributed by atoms with Crippen molar-refractivity contribution in [2.24, 2.45) is 5.92 Å². The van der Waals surface area contributed by atoms with E-state index in [4.69, 9.17) is 0 Å². The molecule has 0 spiro atoms. The lowest BCUT2D eigenvalue weighted by Crippen LogP contribution is -2.44. The van der Waals surface area contributed by atoms with Crippen molar-refractivity contribution in [2.45, 2.75) is 59.3 Å². The number of aromatic nitrogens is 2. The Hall–Kier alpha value is -1.72. The quantitative estimate of drug-likeness (QED) is 0.754. The predicted molar refractivity (Wildman–Crippen MR) is 108 cm³/mol. The normalized spacial score (nSPS) is 19.7. The van der Waals surface area contributed by atoms with Crippen LogP contribution in [0.2, 0.25) is 0 Å². The van der Waals surface area contributed by atoms with Crippen LogP contribution in [0.5, 0.6) is 0 Å². The van der Waals surface area contributed by atoms with Gasteiger partial charge in [-0.05, 0) is 50.4 Å². The topological polar surface area (TPSA) is 24.3 Å². The molecule has 0 saturated carbocycles. The first-order valence-electron chi connectivity index (χ1n) is 10.2. The van der Waals surface area contributed by atoms with Gasteiger partial charge in [0, 0.05) is 44.5 Å². The van der Waals surface area contributed by atoms with Crippen molar-refractivity contribution in [1.29, 1.82) is 0 Å².